The van der Waals surface area contributed by atoms with E-state index < -0.39 is 31.1 Å². The van der Waals surface area contributed by atoms with Crippen molar-refractivity contribution in [2.24, 2.45) is 0 Å². The van der Waals surface area contributed by atoms with Gasteiger partial charge in [0.05, 0.1) is 19.6 Å². The lowest BCUT2D eigenvalue weighted by molar-refractivity contribution is -0.905. The number of rotatable bonds is 5. The number of quaternary nitrogens is 1. The summed E-state index contributed by atoms with van der Waals surface area (Å²) < 4.78 is 109. The molecule has 1 N–H and O–H groups in total. The smallest absolute Gasteiger partial charge is 0.421 e. The number of sulfonamides is 2. The maximum atomic E-state index is 11.4. The molecule has 152 valence electrons. The maximum Gasteiger partial charge on any atom is 0.480 e. The summed E-state index contributed by atoms with van der Waals surface area (Å²) in [4.78, 5) is 1.85. The van der Waals surface area contributed by atoms with Gasteiger partial charge in [-0.3, -0.25) is 0 Å². The van der Waals surface area contributed by atoms with Gasteiger partial charge in [0.15, 0.2) is 20.0 Å². The van der Waals surface area contributed by atoms with Crippen molar-refractivity contribution in [2.45, 2.75) is 50.0 Å². The van der Waals surface area contributed by atoms with Gasteiger partial charge in [-0.2, -0.15) is 26.3 Å². The normalized spacial score (nSPS) is 17.7. The van der Waals surface area contributed by atoms with Crippen molar-refractivity contribution in [2.75, 3.05) is 19.6 Å². The van der Waals surface area contributed by atoms with Crippen molar-refractivity contribution in [3.63, 3.8) is 0 Å². The van der Waals surface area contributed by atoms with Crippen molar-refractivity contribution in [1.82, 2.24) is 0 Å². The van der Waals surface area contributed by atoms with Crippen LogP contribution >= 0.6 is 0 Å². The van der Waals surface area contributed by atoms with E-state index in [2.05, 4.69) is 6.92 Å². The van der Waals surface area contributed by atoms with Crippen LogP contribution in [0.15, 0.2) is 0 Å². The molecular formula is C11H20F6N2O4S2. The van der Waals surface area contributed by atoms with Crippen molar-refractivity contribution >= 4 is 20.0 Å². The lowest BCUT2D eigenvalue weighted by Crippen LogP contribution is -3.12. The second kappa shape index (κ2) is 9.37. The number of hydrogen-bond donors (Lipinski definition) is 1. The third-order valence-corrected chi connectivity index (χ3v) is 5.97. The van der Waals surface area contributed by atoms with Gasteiger partial charge in [-0.05, 0) is 25.7 Å². The van der Waals surface area contributed by atoms with E-state index in [1.165, 1.54) is 51.7 Å². The van der Waals surface area contributed by atoms with Crippen LogP contribution in [-0.2, 0) is 20.0 Å². The van der Waals surface area contributed by atoms with Gasteiger partial charge in [0.1, 0.15) is 0 Å². The zero-order valence-corrected chi connectivity index (χ0v) is 15.0. The molecule has 0 aliphatic carbocycles. The number of hydrogen-bond acceptors (Lipinski definition) is 4. The molecule has 25 heavy (non-hydrogen) atoms. The predicted molar refractivity (Wildman–Crippen MR) is 77.6 cm³/mol. The summed E-state index contributed by atoms with van der Waals surface area (Å²) in [5.41, 5.74) is -12.4. The highest BCUT2D eigenvalue weighted by atomic mass is 32.3. The lowest BCUT2D eigenvalue weighted by Gasteiger charge is -2.22. The molecule has 0 aromatic rings. The molecule has 1 aliphatic heterocycles. The minimum absolute atomic E-state index is 0.778. The first-order valence-electron chi connectivity index (χ1n) is 7.34. The first-order chi connectivity index (χ1) is 11.1. The first-order valence-corrected chi connectivity index (χ1v) is 10.2. The summed E-state index contributed by atoms with van der Waals surface area (Å²) in [6.07, 6.45) is 7.21. The molecule has 0 amide bonds. The number of unbranched alkanes of at least 4 members (excludes halogenated alkanes) is 1. The van der Waals surface area contributed by atoms with E-state index in [1.54, 1.807) is 0 Å². The fourth-order valence-electron chi connectivity index (χ4n) is 1.94. The van der Waals surface area contributed by atoms with Crippen LogP contribution in [0.1, 0.15) is 39.0 Å². The highest BCUT2D eigenvalue weighted by molar-refractivity contribution is 8.13. The zero-order chi connectivity index (χ0) is 19.9. The number of nitrogens with one attached hydrogen (secondary N) is 1. The molecule has 0 atom stereocenters. The van der Waals surface area contributed by atoms with Gasteiger partial charge >= 0.3 is 11.0 Å². The molecule has 6 nitrogen and oxygen atoms in total. The molecule has 0 saturated carbocycles. The average Bonchev–Trinajstić information content (AvgIpc) is 2.43. The summed E-state index contributed by atoms with van der Waals surface area (Å²) in [5.74, 6) is 0. The lowest BCUT2D eigenvalue weighted by atomic mass is 10.1. The van der Waals surface area contributed by atoms with Crippen LogP contribution < -0.4 is 4.90 Å². The number of piperidine rings is 1. The quantitative estimate of drug-likeness (QED) is 0.686. The summed E-state index contributed by atoms with van der Waals surface area (Å²) >= 11 is 0. The fraction of sp³-hybridized carbons (Fsp3) is 1.00. The molecule has 14 heteroatoms. The van der Waals surface area contributed by atoms with E-state index in [4.69, 9.17) is 0 Å². The van der Waals surface area contributed by atoms with Gasteiger partial charge in [-0.1, -0.05) is 13.3 Å². The standard InChI is InChI=1S/C9H19N.C2F6NO4S2/c1-2-3-7-10-8-5-4-6-9-10;3-1(4,5)14(10,11)9-15(12,13)2(6,7)8/h2-9H2,1H3;/q;-1/p+1. The number of alkyl halides is 6. The molecule has 0 radical (unpaired) electrons. The van der Waals surface area contributed by atoms with Crippen molar-refractivity contribution in [3.05, 3.63) is 4.13 Å². The Kier molecular flexibility index (Phi) is 9.14. The SMILES string of the molecule is CCCC[NH+]1CCCCC1.O=S(=O)([N-]S(=O)(=O)C(F)(F)F)C(F)(F)F. The van der Waals surface area contributed by atoms with Gasteiger partial charge in [-0.15, -0.1) is 0 Å². The van der Waals surface area contributed by atoms with E-state index in [-0.39, 0.29) is 0 Å². The maximum absolute atomic E-state index is 11.4. The highest BCUT2D eigenvalue weighted by Gasteiger charge is 2.46. The van der Waals surface area contributed by atoms with Crippen LogP contribution in [0, 0.1) is 0 Å². The van der Waals surface area contributed by atoms with E-state index in [0.29, 0.717) is 0 Å². The molecule has 0 aromatic heterocycles. The van der Waals surface area contributed by atoms with Crippen molar-refractivity contribution in [3.8, 4) is 0 Å². The Morgan fingerprint density at radius 2 is 1.24 bits per heavy atom. The summed E-state index contributed by atoms with van der Waals surface area (Å²) in [5, 5.41) is 0. The molecule has 0 spiro atoms. The third-order valence-electron chi connectivity index (χ3n) is 3.23. The molecule has 0 bridgehead atoms. The van der Waals surface area contributed by atoms with Crippen LogP contribution in [0.2, 0.25) is 0 Å². The Bertz CT molecular complexity index is 553. The Morgan fingerprint density at radius 3 is 1.56 bits per heavy atom. The van der Waals surface area contributed by atoms with E-state index >= 15 is 0 Å². The van der Waals surface area contributed by atoms with Gasteiger partial charge in [0.2, 0.25) is 0 Å². The minimum atomic E-state index is -6.72. The molecular weight excluding hydrogens is 402 g/mol. The first kappa shape index (κ1) is 24.4. The average molecular weight is 422 g/mol. The summed E-state index contributed by atoms with van der Waals surface area (Å²) in [7, 11) is -13.4. The molecule has 1 aliphatic rings. The predicted octanol–water partition coefficient (Wildman–Crippen LogP) is 1.91. The number of nitrogens with zero attached hydrogens (tertiary/aromatic N) is 1. The van der Waals surface area contributed by atoms with Crippen LogP contribution in [0.3, 0.4) is 0 Å². The largest absolute Gasteiger partial charge is 0.480 e. The minimum Gasteiger partial charge on any atom is -0.421 e. The molecule has 0 unspecified atom stereocenters. The zero-order valence-electron chi connectivity index (χ0n) is 13.3. The number of likely N-dealkylation sites (tertiary alicyclic amines) is 1. The van der Waals surface area contributed by atoms with Gasteiger partial charge < -0.3 is 9.03 Å². The number of halogens is 6. The van der Waals surface area contributed by atoms with Crippen molar-refractivity contribution in [1.29, 1.82) is 0 Å². The van der Waals surface area contributed by atoms with Gasteiger partial charge in [-0.25, -0.2) is 16.8 Å². The molecule has 1 heterocycles. The molecule has 0 aromatic carbocycles. The molecule has 1 rings (SSSR count). The third kappa shape index (κ3) is 8.55. The van der Waals surface area contributed by atoms with Crippen molar-refractivity contribution < 1.29 is 48.1 Å². The Balaban J connectivity index is 0.000000496. The second-order valence-corrected chi connectivity index (χ2v) is 8.75. The molecule has 1 saturated heterocycles. The fourth-order valence-corrected chi connectivity index (χ4v) is 3.65. The molecule has 1 fully saturated rings. The Hall–Kier alpha value is -0.600. The van der Waals surface area contributed by atoms with Crippen LogP contribution in [0.25, 0.3) is 4.13 Å². The van der Waals surface area contributed by atoms with E-state index in [9.17, 15) is 43.2 Å². The van der Waals surface area contributed by atoms with Crippen LogP contribution in [0.4, 0.5) is 26.3 Å². The van der Waals surface area contributed by atoms with Crippen LogP contribution in [-0.4, -0.2) is 47.5 Å². The van der Waals surface area contributed by atoms with Gasteiger partial charge in [0.25, 0.3) is 0 Å². The van der Waals surface area contributed by atoms with Crippen LogP contribution in [0.5, 0.6) is 0 Å². The second-order valence-electron chi connectivity index (χ2n) is 5.33. The Morgan fingerprint density at radius 1 is 0.840 bits per heavy atom. The Labute approximate surface area is 142 Å². The topological polar surface area (TPSA) is 86.8 Å². The summed E-state index contributed by atoms with van der Waals surface area (Å²) in [6, 6.07) is 0. The highest BCUT2D eigenvalue weighted by Crippen LogP contribution is 2.36. The monoisotopic (exact) mass is 422 g/mol. The summed E-state index contributed by atoms with van der Waals surface area (Å²) in [6.45, 7) is 6.60. The van der Waals surface area contributed by atoms with E-state index in [1.807, 2.05) is 4.90 Å². The van der Waals surface area contributed by atoms with E-state index in [0.717, 1.165) is 4.13 Å². The van der Waals surface area contributed by atoms with Gasteiger partial charge in [0, 0.05) is 0 Å².